The van der Waals surface area contributed by atoms with Crippen LogP contribution in [-0.4, -0.2) is 28.9 Å². The maximum atomic E-state index is 13.1. The van der Waals surface area contributed by atoms with Gasteiger partial charge in [-0.3, -0.25) is 9.78 Å². The Kier molecular flexibility index (Phi) is 5.83. The molecule has 0 saturated heterocycles. The van der Waals surface area contributed by atoms with Crippen molar-refractivity contribution in [2.24, 2.45) is 0 Å². The lowest BCUT2D eigenvalue weighted by molar-refractivity contribution is -0.125. The van der Waals surface area contributed by atoms with E-state index in [1.807, 2.05) is 19.1 Å². The van der Waals surface area contributed by atoms with Gasteiger partial charge in [-0.05, 0) is 54.8 Å². The predicted octanol–water partition coefficient (Wildman–Crippen LogP) is 3.33. The van der Waals surface area contributed by atoms with Crippen LogP contribution in [0.15, 0.2) is 54.9 Å². The summed E-state index contributed by atoms with van der Waals surface area (Å²) in [5, 5.41) is 0. The first-order chi connectivity index (χ1) is 10.7. The van der Waals surface area contributed by atoms with Crippen molar-refractivity contribution in [1.29, 1.82) is 0 Å². The van der Waals surface area contributed by atoms with Crippen LogP contribution in [0.1, 0.15) is 18.1 Å². The van der Waals surface area contributed by atoms with Crippen LogP contribution in [0.25, 0.3) is 6.08 Å². The van der Waals surface area contributed by atoms with Crippen LogP contribution in [-0.2, 0) is 11.2 Å². The highest BCUT2D eigenvalue weighted by Gasteiger charge is 2.08. The molecule has 0 spiro atoms. The zero-order valence-corrected chi connectivity index (χ0v) is 12.6. The Bertz CT molecular complexity index is 641. The van der Waals surface area contributed by atoms with Crippen molar-refractivity contribution < 1.29 is 9.18 Å². The van der Waals surface area contributed by atoms with Gasteiger partial charge in [-0.2, -0.15) is 0 Å². The summed E-state index contributed by atoms with van der Waals surface area (Å²) in [4.78, 5) is 17.9. The summed E-state index contributed by atoms with van der Waals surface area (Å²) >= 11 is 0. The summed E-state index contributed by atoms with van der Waals surface area (Å²) < 4.78 is 13.1. The lowest BCUT2D eigenvalue weighted by Crippen LogP contribution is -2.31. The summed E-state index contributed by atoms with van der Waals surface area (Å²) in [5.74, 6) is -0.375. The Morgan fingerprint density at radius 2 is 2.05 bits per heavy atom. The van der Waals surface area contributed by atoms with Crippen LogP contribution in [0.4, 0.5) is 4.39 Å². The molecule has 1 heterocycles. The molecule has 0 fully saturated rings. The molecule has 0 atom stereocenters. The first-order valence-corrected chi connectivity index (χ1v) is 7.30. The van der Waals surface area contributed by atoms with E-state index >= 15 is 0 Å². The first-order valence-electron chi connectivity index (χ1n) is 7.30. The van der Waals surface area contributed by atoms with Crippen LogP contribution >= 0.6 is 0 Å². The fraction of sp³-hybridized carbons (Fsp3) is 0.222. The zero-order valence-electron chi connectivity index (χ0n) is 12.6. The number of hydrogen-bond acceptors (Lipinski definition) is 2. The summed E-state index contributed by atoms with van der Waals surface area (Å²) in [7, 11) is 0. The molecule has 0 N–H and O–H groups in total. The largest absolute Gasteiger partial charge is 0.339 e. The van der Waals surface area contributed by atoms with Gasteiger partial charge in [-0.25, -0.2) is 4.39 Å². The van der Waals surface area contributed by atoms with E-state index in [2.05, 4.69) is 4.98 Å². The number of halogens is 1. The molecule has 0 unspecified atom stereocenters. The molecule has 2 rings (SSSR count). The summed E-state index contributed by atoms with van der Waals surface area (Å²) in [6.07, 6.45) is 7.41. The number of benzene rings is 1. The molecule has 0 aliphatic heterocycles. The predicted molar refractivity (Wildman–Crippen MR) is 85.6 cm³/mol. The molecule has 4 heteroatoms. The molecule has 3 nitrogen and oxygen atoms in total. The Hall–Kier alpha value is -2.49. The van der Waals surface area contributed by atoms with Crippen LogP contribution in [0.3, 0.4) is 0 Å². The molecule has 0 bridgehead atoms. The van der Waals surface area contributed by atoms with Crippen molar-refractivity contribution in [2.45, 2.75) is 13.3 Å². The van der Waals surface area contributed by atoms with E-state index in [0.29, 0.717) is 18.7 Å². The van der Waals surface area contributed by atoms with Gasteiger partial charge in [0.05, 0.1) is 0 Å². The molecular weight excluding hydrogens is 279 g/mol. The fourth-order valence-electron chi connectivity index (χ4n) is 2.12. The normalized spacial score (nSPS) is 10.8. The third-order valence-electron chi connectivity index (χ3n) is 3.38. The molecule has 0 saturated carbocycles. The fourth-order valence-corrected chi connectivity index (χ4v) is 2.12. The third kappa shape index (κ3) is 4.81. The van der Waals surface area contributed by atoms with Crippen LogP contribution < -0.4 is 0 Å². The Morgan fingerprint density at radius 3 is 2.73 bits per heavy atom. The Morgan fingerprint density at radius 1 is 1.27 bits per heavy atom. The molecule has 114 valence electrons. The highest BCUT2D eigenvalue weighted by atomic mass is 19.1. The maximum absolute atomic E-state index is 13.1. The van der Waals surface area contributed by atoms with Crippen LogP contribution in [0.5, 0.6) is 0 Å². The minimum atomic E-state index is -0.306. The molecule has 22 heavy (non-hydrogen) atoms. The zero-order chi connectivity index (χ0) is 15.8. The van der Waals surface area contributed by atoms with Gasteiger partial charge in [0, 0.05) is 31.6 Å². The van der Waals surface area contributed by atoms with Gasteiger partial charge in [0.25, 0.3) is 0 Å². The van der Waals surface area contributed by atoms with Gasteiger partial charge in [0.1, 0.15) is 5.82 Å². The molecule has 0 radical (unpaired) electrons. The van der Waals surface area contributed by atoms with Crippen molar-refractivity contribution in [2.75, 3.05) is 13.1 Å². The van der Waals surface area contributed by atoms with Gasteiger partial charge in [0.2, 0.25) is 5.91 Å². The number of nitrogens with zero attached hydrogens (tertiary/aromatic N) is 2. The van der Waals surface area contributed by atoms with Gasteiger partial charge >= 0.3 is 0 Å². The molecule has 0 aliphatic carbocycles. The molecule has 0 aliphatic rings. The van der Waals surface area contributed by atoms with Gasteiger partial charge < -0.3 is 4.90 Å². The number of aromatic nitrogens is 1. The summed E-state index contributed by atoms with van der Waals surface area (Å²) in [5.41, 5.74) is 1.83. The Balaban J connectivity index is 1.94. The second-order valence-electron chi connectivity index (χ2n) is 4.91. The van der Waals surface area contributed by atoms with E-state index in [0.717, 1.165) is 12.0 Å². The first kappa shape index (κ1) is 15.9. The van der Waals surface area contributed by atoms with E-state index in [-0.39, 0.29) is 11.7 Å². The van der Waals surface area contributed by atoms with E-state index in [9.17, 15) is 9.18 Å². The van der Waals surface area contributed by atoms with Crippen molar-refractivity contribution in [1.82, 2.24) is 9.88 Å². The number of carbonyl (C=O) groups excluding carboxylic acids is 1. The number of carbonyl (C=O) groups is 1. The van der Waals surface area contributed by atoms with Crippen molar-refractivity contribution in [3.63, 3.8) is 0 Å². The number of rotatable bonds is 6. The molecular formula is C18H19FN2O. The molecule has 2 aromatic rings. The monoisotopic (exact) mass is 298 g/mol. The number of pyridine rings is 1. The smallest absolute Gasteiger partial charge is 0.246 e. The topological polar surface area (TPSA) is 33.2 Å². The average molecular weight is 298 g/mol. The minimum Gasteiger partial charge on any atom is -0.339 e. The van der Waals surface area contributed by atoms with Crippen LogP contribution in [0, 0.1) is 5.82 Å². The van der Waals surface area contributed by atoms with Crippen molar-refractivity contribution in [3.8, 4) is 0 Å². The lowest BCUT2D eigenvalue weighted by atomic mass is 10.2. The number of hydrogen-bond donors (Lipinski definition) is 0. The highest BCUT2D eigenvalue weighted by molar-refractivity contribution is 5.91. The van der Waals surface area contributed by atoms with E-state index in [4.69, 9.17) is 0 Å². The molecule has 1 aromatic heterocycles. The quantitative estimate of drug-likeness (QED) is 0.766. The van der Waals surface area contributed by atoms with Crippen molar-refractivity contribution >= 4 is 12.0 Å². The lowest BCUT2D eigenvalue weighted by Gasteiger charge is -2.19. The minimum absolute atomic E-state index is 0.0687. The van der Waals surface area contributed by atoms with Crippen molar-refractivity contribution in [3.05, 3.63) is 71.8 Å². The summed E-state index contributed by atoms with van der Waals surface area (Å²) in [6, 6.07) is 10.1. The third-order valence-corrected chi connectivity index (χ3v) is 3.38. The maximum Gasteiger partial charge on any atom is 0.246 e. The Labute approximate surface area is 130 Å². The van der Waals surface area contributed by atoms with E-state index in [1.165, 1.54) is 18.2 Å². The van der Waals surface area contributed by atoms with Gasteiger partial charge in [-0.1, -0.05) is 12.1 Å². The number of amides is 1. The SMILES string of the molecule is CCN(CCc1ccncc1)C(=O)/C=C/c1cccc(F)c1. The second kappa shape index (κ2) is 8.08. The highest BCUT2D eigenvalue weighted by Crippen LogP contribution is 2.06. The van der Waals surface area contributed by atoms with E-state index < -0.39 is 0 Å². The number of likely N-dealkylation sites (N-methyl/N-ethyl adjacent to an activating group) is 1. The van der Waals surface area contributed by atoms with Gasteiger partial charge in [-0.15, -0.1) is 0 Å². The second-order valence-corrected chi connectivity index (χ2v) is 4.91. The summed E-state index contributed by atoms with van der Waals surface area (Å²) in [6.45, 7) is 3.23. The van der Waals surface area contributed by atoms with Gasteiger partial charge in [0.15, 0.2) is 0 Å². The standard InChI is InChI=1S/C18H19FN2O/c1-2-21(13-10-15-8-11-20-12-9-15)18(22)7-6-16-4-3-5-17(19)14-16/h3-9,11-12,14H,2,10,13H2,1H3/b7-6+. The van der Waals surface area contributed by atoms with Crippen LogP contribution in [0.2, 0.25) is 0 Å². The average Bonchev–Trinajstić information content (AvgIpc) is 2.54. The molecule has 1 aromatic carbocycles. The van der Waals surface area contributed by atoms with E-state index in [1.54, 1.807) is 35.5 Å². The molecule has 1 amide bonds.